The van der Waals surface area contributed by atoms with Crippen molar-refractivity contribution in [2.45, 2.75) is 13.0 Å². The maximum atomic E-state index is 13.5. The predicted molar refractivity (Wildman–Crippen MR) is 71.6 cm³/mol. The second-order valence-electron chi connectivity index (χ2n) is 3.93. The van der Waals surface area contributed by atoms with Crippen molar-refractivity contribution >= 4 is 23.2 Å². The first-order chi connectivity index (χ1) is 8.93. The van der Waals surface area contributed by atoms with Gasteiger partial charge in [0.05, 0.1) is 6.04 Å². The second-order valence-corrected chi connectivity index (χ2v) is 4.72. The van der Waals surface area contributed by atoms with Crippen LogP contribution in [0.3, 0.4) is 0 Å². The fourth-order valence-corrected chi connectivity index (χ4v) is 2.26. The molecule has 1 unspecified atom stereocenters. The largest absolute Gasteiger partial charge is 0.330 e. The van der Waals surface area contributed by atoms with Gasteiger partial charge >= 0.3 is 5.69 Å². The highest BCUT2D eigenvalue weighted by atomic mass is 35.5. The standard InChI is InChI=1S/C12H9Cl2FN2O2/c1-6(7-4-2-3-5-8(7)13)17-11(18)9(15)10(14)16-12(17)19/h2-6H,1H3,(H,16,19). The van der Waals surface area contributed by atoms with Crippen LogP contribution in [0.25, 0.3) is 0 Å². The lowest BCUT2D eigenvalue weighted by Crippen LogP contribution is -2.39. The van der Waals surface area contributed by atoms with Crippen molar-refractivity contribution in [3.05, 3.63) is 66.7 Å². The molecular weight excluding hydrogens is 294 g/mol. The van der Waals surface area contributed by atoms with Crippen molar-refractivity contribution in [3.63, 3.8) is 0 Å². The number of halogens is 3. The van der Waals surface area contributed by atoms with E-state index in [4.69, 9.17) is 23.2 Å². The Morgan fingerprint density at radius 3 is 2.53 bits per heavy atom. The number of nitrogens with zero attached hydrogens (tertiary/aromatic N) is 1. The maximum Gasteiger partial charge on any atom is 0.330 e. The second kappa shape index (κ2) is 5.19. The predicted octanol–water partition coefficient (Wildman–Crippen LogP) is 2.59. The quantitative estimate of drug-likeness (QED) is 0.867. The van der Waals surface area contributed by atoms with Crippen LogP contribution in [0.1, 0.15) is 18.5 Å². The van der Waals surface area contributed by atoms with Gasteiger partial charge in [0.25, 0.3) is 5.56 Å². The zero-order valence-corrected chi connectivity index (χ0v) is 11.3. The summed E-state index contributed by atoms with van der Waals surface area (Å²) in [5.74, 6) is -1.19. The summed E-state index contributed by atoms with van der Waals surface area (Å²) in [6.45, 7) is 1.57. The van der Waals surface area contributed by atoms with Gasteiger partial charge in [-0.05, 0) is 18.6 Å². The molecule has 1 aromatic heterocycles. The normalized spacial score (nSPS) is 12.4. The molecule has 2 aromatic rings. The minimum atomic E-state index is -1.19. The van der Waals surface area contributed by atoms with Crippen molar-refractivity contribution in [1.29, 1.82) is 0 Å². The van der Waals surface area contributed by atoms with Crippen LogP contribution in [-0.4, -0.2) is 9.55 Å². The summed E-state index contributed by atoms with van der Waals surface area (Å²) in [6.07, 6.45) is 0. The Hall–Kier alpha value is -1.59. The van der Waals surface area contributed by atoms with E-state index in [9.17, 15) is 14.0 Å². The fraction of sp³-hybridized carbons (Fsp3) is 0.167. The zero-order valence-electron chi connectivity index (χ0n) is 9.78. The van der Waals surface area contributed by atoms with E-state index in [1.54, 1.807) is 31.2 Å². The summed E-state index contributed by atoms with van der Waals surface area (Å²) in [5.41, 5.74) is -1.33. The van der Waals surface area contributed by atoms with Gasteiger partial charge in [-0.25, -0.2) is 4.79 Å². The number of hydrogen-bond donors (Lipinski definition) is 1. The molecule has 19 heavy (non-hydrogen) atoms. The molecule has 4 nitrogen and oxygen atoms in total. The van der Waals surface area contributed by atoms with Gasteiger partial charge < -0.3 is 0 Å². The van der Waals surface area contributed by atoms with Crippen LogP contribution < -0.4 is 11.2 Å². The number of rotatable bonds is 2. The average molecular weight is 303 g/mol. The highest BCUT2D eigenvalue weighted by molar-refractivity contribution is 6.31. The number of nitrogens with one attached hydrogen (secondary N) is 1. The third kappa shape index (κ3) is 2.43. The van der Waals surface area contributed by atoms with Gasteiger partial charge in [-0.1, -0.05) is 41.4 Å². The first-order valence-corrected chi connectivity index (χ1v) is 6.13. The summed E-state index contributed by atoms with van der Waals surface area (Å²) in [4.78, 5) is 25.6. The molecule has 2 rings (SSSR count). The Morgan fingerprint density at radius 1 is 1.26 bits per heavy atom. The van der Waals surface area contributed by atoms with Crippen LogP contribution in [-0.2, 0) is 0 Å². The fourth-order valence-electron chi connectivity index (χ4n) is 1.81. The molecule has 0 saturated heterocycles. The SMILES string of the molecule is CC(c1ccccc1Cl)n1c(=O)[nH]c(Cl)c(F)c1=O. The highest BCUT2D eigenvalue weighted by Gasteiger charge is 2.19. The molecule has 0 fully saturated rings. The van der Waals surface area contributed by atoms with E-state index in [0.29, 0.717) is 10.6 Å². The summed E-state index contributed by atoms with van der Waals surface area (Å²) in [7, 11) is 0. The summed E-state index contributed by atoms with van der Waals surface area (Å²) in [5, 5.41) is -0.214. The zero-order chi connectivity index (χ0) is 14.2. The first-order valence-electron chi connectivity index (χ1n) is 5.37. The molecule has 1 N–H and O–H groups in total. The molecule has 0 aliphatic carbocycles. The number of benzene rings is 1. The number of H-pyrrole nitrogens is 1. The average Bonchev–Trinajstić information content (AvgIpc) is 2.36. The van der Waals surface area contributed by atoms with Crippen LogP contribution in [0.5, 0.6) is 0 Å². The van der Waals surface area contributed by atoms with Gasteiger partial charge in [0.2, 0.25) is 5.82 Å². The molecule has 0 aliphatic heterocycles. The molecular formula is C12H9Cl2FN2O2. The van der Waals surface area contributed by atoms with Crippen LogP contribution >= 0.6 is 23.2 Å². The van der Waals surface area contributed by atoms with E-state index < -0.39 is 28.3 Å². The highest BCUT2D eigenvalue weighted by Crippen LogP contribution is 2.23. The minimum absolute atomic E-state index is 0.386. The lowest BCUT2D eigenvalue weighted by Gasteiger charge is -2.15. The lowest BCUT2D eigenvalue weighted by atomic mass is 10.1. The van der Waals surface area contributed by atoms with Gasteiger partial charge in [-0.2, -0.15) is 4.39 Å². The van der Waals surface area contributed by atoms with Gasteiger partial charge in [0.15, 0.2) is 5.15 Å². The topological polar surface area (TPSA) is 54.9 Å². The number of hydrogen-bond acceptors (Lipinski definition) is 2. The Labute approximate surface area is 117 Å². The molecule has 0 amide bonds. The maximum absolute atomic E-state index is 13.5. The van der Waals surface area contributed by atoms with E-state index in [1.165, 1.54) is 0 Å². The Kier molecular flexibility index (Phi) is 3.78. The smallest absolute Gasteiger partial charge is 0.295 e. The molecule has 1 aromatic carbocycles. The van der Waals surface area contributed by atoms with Crippen molar-refractivity contribution in [2.75, 3.05) is 0 Å². The van der Waals surface area contributed by atoms with Crippen molar-refractivity contribution in [1.82, 2.24) is 9.55 Å². The first kappa shape index (κ1) is 13.8. The van der Waals surface area contributed by atoms with E-state index >= 15 is 0 Å². The van der Waals surface area contributed by atoms with Crippen LogP contribution in [0.2, 0.25) is 10.2 Å². The van der Waals surface area contributed by atoms with E-state index in [-0.39, 0.29) is 0 Å². The lowest BCUT2D eigenvalue weighted by molar-refractivity contribution is 0.515. The summed E-state index contributed by atoms with van der Waals surface area (Å²) >= 11 is 11.4. The third-order valence-electron chi connectivity index (χ3n) is 2.78. The molecule has 1 heterocycles. The van der Waals surface area contributed by atoms with Crippen molar-refractivity contribution < 1.29 is 4.39 Å². The summed E-state index contributed by atoms with van der Waals surface area (Å²) in [6, 6.07) is 6.00. The monoisotopic (exact) mass is 302 g/mol. The molecule has 0 spiro atoms. The summed E-state index contributed by atoms with van der Waals surface area (Å²) < 4.78 is 14.2. The molecule has 0 aliphatic rings. The van der Waals surface area contributed by atoms with Gasteiger partial charge in [0.1, 0.15) is 0 Å². The molecule has 100 valence electrons. The Morgan fingerprint density at radius 2 is 1.89 bits per heavy atom. The number of aromatic amines is 1. The van der Waals surface area contributed by atoms with Gasteiger partial charge in [-0.3, -0.25) is 14.3 Å². The minimum Gasteiger partial charge on any atom is -0.295 e. The van der Waals surface area contributed by atoms with Crippen LogP contribution in [0, 0.1) is 5.82 Å². The van der Waals surface area contributed by atoms with Crippen LogP contribution in [0.15, 0.2) is 33.9 Å². The molecule has 0 saturated carbocycles. The van der Waals surface area contributed by atoms with Crippen molar-refractivity contribution in [3.8, 4) is 0 Å². The van der Waals surface area contributed by atoms with E-state index in [1.807, 2.05) is 0 Å². The molecule has 7 heteroatoms. The van der Waals surface area contributed by atoms with Gasteiger partial charge in [0, 0.05) is 5.02 Å². The van der Waals surface area contributed by atoms with Crippen molar-refractivity contribution in [2.24, 2.45) is 0 Å². The Bertz CT molecular complexity index is 739. The molecule has 0 bridgehead atoms. The number of aromatic nitrogens is 2. The van der Waals surface area contributed by atoms with Crippen LogP contribution in [0.4, 0.5) is 4.39 Å². The van der Waals surface area contributed by atoms with E-state index in [2.05, 4.69) is 4.98 Å². The Balaban J connectivity index is 2.67. The molecule has 1 atom stereocenters. The van der Waals surface area contributed by atoms with Gasteiger partial charge in [-0.15, -0.1) is 0 Å². The molecule has 0 radical (unpaired) electrons. The van der Waals surface area contributed by atoms with E-state index in [0.717, 1.165) is 4.57 Å². The third-order valence-corrected chi connectivity index (χ3v) is 3.38.